The maximum Gasteiger partial charge on any atom is 0.342 e. The number of hydrogen-bond acceptors (Lipinski definition) is 6. The van der Waals surface area contributed by atoms with Crippen molar-refractivity contribution < 1.29 is 31.8 Å². The number of esters is 1. The molecule has 0 atom stereocenters. The normalized spacial score (nSPS) is 11.0. The van der Waals surface area contributed by atoms with Gasteiger partial charge >= 0.3 is 5.97 Å². The van der Waals surface area contributed by atoms with Crippen LogP contribution < -0.4 is 14.6 Å². The van der Waals surface area contributed by atoms with Gasteiger partial charge in [-0.2, -0.15) is 0 Å². The Morgan fingerprint density at radius 2 is 1.80 bits per heavy atom. The van der Waals surface area contributed by atoms with E-state index in [0.29, 0.717) is 5.75 Å². The summed E-state index contributed by atoms with van der Waals surface area (Å²) in [7, 11) is -2.63. The van der Waals surface area contributed by atoms with Gasteiger partial charge in [0.2, 0.25) is 10.0 Å². The molecule has 2 aromatic rings. The summed E-state index contributed by atoms with van der Waals surface area (Å²) < 4.78 is 50.9. The summed E-state index contributed by atoms with van der Waals surface area (Å²) >= 11 is 0. The Bertz CT molecular complexity index is 851. The van der Waals surface area contributed by atoms with Gasteiger partial charge in [-0.1, -0.05) is 0 Å². The smallest absolute Gasteiger partial charge is 0.342 e. The van der Waals surface area contributed by atoms with Crippen LogP contribution in [-0.4, -0.2) is 34.7 Å². The van der Waals surface area contributed by atoms with Gasteiger partial charge in [0.1, 0.15) is 36.1 Å². The lowest BCUT2D eigenvalue weighted by molar-refractivity contribution is 0.0446. The molecule has 9 heteroatoms. The van der Waals surface area contributed by atoms with Crippen molar-refractivity contribution in [2.75, 3.05) is 20.3 Å². The molecule has 2 N–H and O–H groups in total. The molecule has 2 aromatic carbocycles. The minimum Gasteiger partial charge on any atom is -0.496 e. The summed E-state index contributed by atoms with van der Waals surface area (Å²) in [5.74, 6) is -0.603. The second kappa shape index (κ2) is 7.95. The molecule has 0 amide bonds. The Morgan fingerprint density at radius 1 is 1.12 bits per heavy atom. The number of primary sulfonamides is 1. The first-order chi connectivity index (χ1) is 11.8. The molecule has 0 unspecified atom stereocenters. The second-order valence-electron chi connectivity index (χ2n) is 4.85. The number of methoxy groups -OCH3 is 1. The maximum atomic E-state index is 12.8. The molecule has 0 radical (unpaired) electrons. The Morgan fingerprint density at radius 3 is 2.40 bits per heavy atom. The number of carbonyl (C=O) groups excluding carboxylic acids is 1. The number of hydrogen-bond donors (Lipinski definition) is 1. The van der Waals surface area contributed by atoms with Crippen molar-refractivity contribution in [3.63, 3.8) is 0 Å². The fourth-order valence-corrected chi connectivity index (χ4v) is 2.47. The van der Waals surface area contributed by atoms with Crippen LogP contribution in [0.3, 0.4) is 0 Å². The van der Waals surface area contributed by atoms with Crippen molar-refractivity contribution in [3.05, 3.63) is 53.8 Å². The van der Waals surface area contributed by atoms with Gasteiger partial charge < -0.3 is 14.2 Å². The molecule has 0 aromatic heterocycles. The molecule has 0 saturated heterocycles. The van der Waals surface area contributed by atoms with Crippen LogP contribution >= 0.6 is 0 Å². The standard InChI is InChI=1S/C16H16FNO6S/c1-22-15-7-6-13(25(18,20)21)10-14(15)16(19)24-9-8-23-12-4-2-11(17)3-5-12/h2-7,10H,8-9H2,1H3,(H2,18,20,21). The number of halogens is 1. The van der Waals surface area contributed by atoms with E-state index in [1.807, 2.05) is 0 Å². The number of carbonyl (C=O) groups is 1. The molecule has 0 spiro atoms. The first-order valence-corrected chi connectivity index (χ1v) is 8.62. The molecule has 7 nitrogen and oxygen atoms in total. The second-order valence-corrected chi connectivity index (χ2v) is 6.41. The largest absolute Gasteiger partial charge is 0.496 e. The molecule has 0 saturated carbocycles. The third kappa shape index (κ3) is 5.16. The monoisotopic (exact) mass is 369 g/mol. The molecule has 0 bridgehead atoms. The highest BCUT2D eigenvalue weighted by atomic mass is 32.2. The third-order valence-corrected chi connectivity index (χ3v) is 4.03. The fourth-order valence-electron chi connectivity index (χ4n) is 1.93. The average molecular weight is 369 g/mol. The van der Waals surface area contributed by atoms with E-state index < -0.39 is 16.0 Å². The Balaban J connectivity index is 1.99. The van der Waals surface area contributed by atoms with Crippen molar-refractivity contribution in [2.24, 2.45) is 5.14 Å². The van der Waals surface area contributed by atoms with Crippen molar-refractivity contribution in [2.45, 2.75) is 4.90 Å². The van der Waals surface area contributed by atoms with Gasteiger partial charge in [0.05, 0.1) is 12.0 Å². The lowest BCUT2D eigenvalue weighted by Crippen LogP contribution is -2.16. The van der Waals surface area contributed by atoms with Crippen LogP contribution in [0.4, 0.5) is 4.39 Å². The molecular weight excluding hydrogens is 353 g/mol. The zero-order valence-corrected chi connectivity index (χ0v) is 14.1. The zero-order valence-electron chi connectivity index (χ0n) is 13.3. The van der Waals surface area contributed by atoms with Crippen LogP contribution in [0.5, 0.6) is 11.5 Å². The SMILES string of the molecule is COc1ccc(S(N)(=O)=O)cc1C(=O)OCCOc1ccc(F)cc1. The highest BCUT2D eigenvalue weighted by Gasteiger charge is 2.18. The van der Waals surface area contributed by atoms with Crippen molar-refractivity contribution in [1.82, 2.24) is 0 Å². The summed E-state index contributed by atoms with van der Waals surface area (Å²) in [5.41, 5.74) is -0.0733. The Labute approximate surface area is 144 Å². The van der Waals surface area contributed by atoms with E-state index in [1.165, 1.54) is 43.5 Å². The molecule has 0 aliphatic rings. The molecule has 0 aliphatic carbocycles. The summed E-state index contributed by atoms with van der Waals surface area (Å²) in [6.07, 6.45) is 0. The quantitative estimate of drug-likeness (QED) is 0.588. The summed E-state index contributed by atoms with van der Waals surface area (Å²) in [6.45, 7) is -0.0620. The van der Waals surface area contributed by atoms with E-state index in [1.54, 1.807) is 0 Å². The van der Waals surface area contributed by atoms with E-state index in [0.717, 1.165) is 6.07 Å². The molecule has 0 fully saturated rings. The summed E-state index contributed by atoms with van der Waals surface area (Å²) in [6, 6.07) is 8.98. The highest BCUT2D eigenvalue weighted by molar-refractivity contribution is 7.89. The van der Waals surface area contributed by atoms with Gasteiger partial charge in [-0.3, -0.25) is 0 Å². The topological polar surface area (TPSA) is 105 Å². The van der Waals surface area contributed by atoms with Gasteiger partial charge in [-0.05, 0) is 42.5 Å². The van der Waals surface area contributed by atoms with Crippen LogP contribution in [0.25, 0.3) is 0 Å². The minimum absolute atomic E-state index is 0.0363. The molecule has 0 heterocycles. The predicted octanol–water partition coefficient (Wildman–Crippen LogP) is 1.72. The minimum atomic E-state index is -3.97. The van der Waals surface area contributed by atoms with Crippen LogP contribution in [0, 0.1) is 5.82 Å². The number of benzene rings is 2. The zero-order chi connectivity index (χ0) is 18.4. The van der Waals surface area contributed by atoms with E-state index in [2.05, 4.69) is 0 Å². The average Bonchev–Trinajstić information content (AvgIpc) is 2.58. The van der Waals surface area contributed by atoms with Gasteiger partial charge in [0.25, 0.3) is 0 Å². The Kier molecular flexibility index (Phi) is 5.94. The van der Waals surface area contributed by atoms with E-state index in [4.69, 9.17) is 19.3 Å². The predicted molar refractivity (Wildman–Crippen MR) is 86.5 cm³/mol. The van der Waals surface area contributed by atoms with Crippen molar-refractivity contribution >= 4 is 16.0 Å². The van der Waals surface area contributed by atoms with Crippen LogP contribution in [0.2, 0.25) is 0 Å². The molecule has 25 heavy (non-hydrogen) atoms. The number of ether oxygens (including phenoxy) is 3. The van der Waals surface area contributed by atoms with E-state index in [-0.39, 0.29) is 35.2 Å². The maximum absolute atomic E-state index is 12.8. The van der Waals surface area contributed by atoms with Crippen LogP contribution in [0.1, 0.15) is 10.4 Å². The number of rotatable bonds is 7. The number of sulfonamides is 1. The van der Waals surface area contributed by atoms with E-state index >= 15 is 0 Å². The fraction of sp³-hybridized carbons (Fsp3) is 0.188. The summed E-state index contributed by atoms with van der Waals surface area (Å²) in [5, 5.41) is 5.05. The molecule has 134 valence electrons. The Hall–Kier alpha value is -2.65. The first-order valence-electron chi connectivity index (χ1n) is 7.07. The van der Waals surface area contributed by atoms with Crippen LogP contribution in [0.15, 0.2) is 47.4 Å². The number of nitrogens with two attached hydrogens (primary N) is 1. The van der Waals surface area contributed by atoms with Gasteiger partial charge in [0, 0.05) is 0 Å². The summed E-state index contributed by atoms with van der Waals surface area (Å²) in [4.78, 5) is 11.9. The molecule has 2 rings (SSSR count). The third-order valence-electron chi connectivity index (χ3n) is 3.12. The van der Waals surface area contributed by atoms with Crippen molar-refractivity contribution in [3.8, 4) is 11.5 Å². The van der Waals surface area contributed by atoms with Gasteiger partial charge in [-0.25, -0.2) is 22.7 Å². The van der Waals surface area contributed by atoms with Crippen molar-refractivity contribution in [1.29, 1.82) is 0 Å². The van der Waals surface area contributed by atoms with E-state index in [9.17, 15) is 17.6 Å². The van der Waals surface area contributed by atoms with Crippen LogP contribution in [-0.2, 0) is 14.8 Å². The first kappa shape index (κ1) is 18.7. The van der Waals surface area contributed by atoms with Gasteiger partial charge in [0.15, 0.2) is 0 Å². The molecular formula is C16H16FNO6S. The highest BCUT2D eigenvalue weighted by Crippen LogP contribution is 2.22. The van der Waals surface area contributed by atoms with Gasteiger partial charge in [-0.15, -0.1) is 0 Å². The molecule has 0 aliphatic heterocycles. The lowest BCUT2D eigenvalue weighted by Gasteiger charge is -2.11. The lowest BCUT2D eigenvalue weighted by atomic mass is 10.2.